The molecule has 2 aromatic heterocycles. The fourth-order valence-corrected chi connectivity index (χ4v) is 3.65. The third-order valence-corrected chi connectivity index (χ3v) is 5.47. The van der Waals surface area contributed by atoms with Crippen LogP contribution in [0.15, 0.2) is 41.1 Å². The summed E-state index contributed by atoms with van der Waals surface area (Å²) in [6.45, 7) is 0. The molecule has 1 fully saturated rings. The van der Waals surface area contributed by atoms with E-state index in [0.29, 0.717) is 29.0 Å². The zero-order valence-corrected chi connectivity index (χ0v) is 14.6. The van der Waals surface area contributed by atoms with Gasteiger partial charge in [0.1, 0.15) is 5.60 Å². The van der Waals surface area contributed by atoms with Gasteiger partial charge in [0.25, 0.3) is 5.89 Å². The van der Waals surface area contributed by atoms with Crippen LogP contribution >= 0.6 is 11.6 Å². The summed E-state index contributed by atoms with van der Waals surface area (Å²) in [6.07, 6.45) is 4.55. The van der Waals surface area contributed by atoms with Gasteiger partial charge in [-0.1, -0.05) is 16.8 Å². The van der Waals surface area contributed by atoms with Crippen molar-refractivity contribution in [2.24, 2.45) is 0 Å². The number of ether oxygens (including phenoxy) is 1. The molecular formula is C19H16ClN3O3. The van der Waals surface area contributed by atoms with E-state index in [0.717, 1.165) is 36.0 Å². The van der Waals surface area contributed by atoms with Crippen LogP contribution in [0, 0.1) is 0 Å². The molecule has 2 aliphatic rings. The van der Waals surface area contributed by atoms with E-state index in [1.165, 1.54) is 0 Å². The standard InChI is InChI=1S/C19H16ClN3O3/c20-14-4-2-11(3-5-14)18-22-16(23-26-18)13-8-12-9-15(24)19(6-1-7-19)25-17(12)21-10-13/h2-5,8,10,15,24H,1,6-7,9H2/t15-/m1/s1. The van der Waals surface area contributed by atoms with Gasteiger partial charge in [0.15, 0.2) is 0 Å². The number of aliphatic hydroxyl groups excluding tert-OH is 1. The molecule has 5 rings (SSSR count). The molecule has 1 spiro atoms. The molecule has 0 saturated heterocycles. The van der Waals surface area contributed by atoms with E-state index in [1.54, 1.807) is 18.3 Å². The topological polar surface area (TPSA) is 81.3 Å². The monoisotopic (exact) mass is 369 g/mol. The number of fused-ring (bicyclic) bond motifs is 1. The quantitative estimate of drug-likeness (QED) is 0.742. The van der Waals surface area contributed by atoms with Crippen molar-refractivity contribution in [3.8, 4) is 28.7 Å². The number of benzene rings is 1. The smallest absolute Gasteiger partial charge is 0.258 e. The summed E-state index contributed by atoms with van der Waals surface area (Å²) in [5.41, 5.74) is 1.96. The number of hydrogen-bond donors (Lipinski definition) is 1. The predicted molar refractivity (Wildman–Crippen MR) is 94.9 cm³/mol. The molecule has 1 aliphatic heterocycles. The van der Waals surface area contributed by atoms with Crippen molar-refractivity contribution >= 4 is 11.6 Å². The average molecular weight is 370 g/mol. The zero-order valence-electron chi connectivity index (χ0n) is 13.9. The van der Waals surface area contributed by atoms with Crippen LogP contribution in [0.25, 0.3) is 22.8 Å². The van der Waals surface area contributed by atoms with Crippen LogP contribution in [-0.2, 0) is 6.42 Å². The lowest BCUT2D eigenvalue weighted by Gasteiger charge is -2.47. The zero-order chi connectivity index (χ0) is 17.7. The maximum absolute atomic E-state index is 10.4. The van der Waals surface area contributed by atoms with Crippen LogP contribution in [0.2, 0.25) is 5.02 Å². The number of halogens is 1. The van der Waals surface area contributed by atoms with Crippen molar-refractivity contribution < 1.29 is 14.4 Å². The Balaban J connectivity index is 1.45. The van der Waals surface area contributed by atoms with Crippen molar-refractivity contribution in [2.75, 3.05) is 0 Å². The third kappa shape index (κ3) is 2.48. The maximum atomic E-state index is 10.4. The molecule has 1 atom stereocenters. The molecule has 0 radical (unpaired) electrons. The van der Waals surface area contributed by atoms with Gasteiger partial charge in [-0.15, -0.1) is 0 Å². The predicted octanol–water partition coefficient (Wildman–Crippen LogP) is 3.67. The molecule has 3 aromatic rings. The van der Waals surface area contributed by atoms with E-state index >= 15 is 0 Å². The molecule has 0 amide bonds. The highest BCUT2D eigenvalue weighted by Gasteiger charge is 2.49. The van der Waals surface area contributed by atoms with Gasteiger partial charge < -0.3 is 14.4 Å². The minimum Gasteiger partial charge on any atom is -0.468 e. The van der Waals surface area contributed by atoms with Crippen molar-refractivity contribution in [1.29, 1.82) is 0 Å². The van der Waals surface area contributed by atoms with Crippen molar-refractivity contribution in [1.82, 2.24) is 15.1 Å². The van der Waals surface area contributed by atoms with E-state index in [1.807, 2.05) is 18.2 Å². The summed E-state index contributed by atoms with van der Waals surface area (Å²) in [7, 11) is 0. The van der Waals surface area contributed by atoms with Crippen LogP contribution in [0.1, 0.15) is 24.8 Å². The Morgan fingerprint density at radius 1 is 1.15 bits per heavy atom. The van der Waals surface area contributed by atoms with E-state index in [-0.39, 0.29) is 0 Å². The molecule has 132 valence electrons. The van der Waals surface area contributed by atoms with Gasteiger partial charge in [0, 0.05) is 34.3 Å². The summed E-state index contributed by atoms with van der Waals surface area (Å²) < 4.78 is 11.4. The molecule has 1 aromatic carbocycles. The first kappa shape index (κ1) is 15.8. The van der Waals surface area contributed by atoms with Crippen LogP contribution in [0.5, 0.6) is 5.88 Å². The second-order valence-corrected chi connectivity index (χ2v) is 7.30. The Hall–Kier alpha value is -2.44. The highest BCUT2D eigenvalue weighted by Crippen LogP contribution is 2.44. The Bertz CT molecular complexity index is 966. The van der Waals surface area contributed by atoms with Crippen molar-refractivity contribution in [2.45, 2.75) is 37.4 Å². The maximum Gasteiger partial charge on any atom is 0.258 e. The van der Waals surface area contributed by atoms with E-state index in [9.17, 15) is 5.11 Å². The van der Waals surface area contributed by atoms with Gasteiger partial charge in [-0.05, 0) is 49.6 Å². The molecule has 1 saturated carbocycles. The van der Waals surface area contributed by atoms with Crippen LogP contribution in [0.4, 0.5) is 0 Å². The lowest BCUT2D eigenvalue weighted by atomic mass is 9.73. The van der Waals surface area contributed by atoms with E-state index in [2.05, 4.69) is 15.1 Å². The first-order valence-electron chi connectivity index (χ1n) is 8.59. The number of hydrogen-bond acceptors (Lipinski definition) is 6. The first-order valence-corrected chi connectivity index (χ1v) is 8.97. The largest absolute Gasteiger partial charge is 0.468 e. The molecule has 26 heavy (non-hydrogen) atoms. The number of aromatic nitrogens is 3. The van der Waals surface area contributed by atoms with E-state index in [4.69, 9.17) is 20.9 Å². The fraction of sp³-hybridized carbons (Fsp3) is 0.316. The summed E-state index contributed by atoms with van der Waals surface area (Å²) in [4.78, 5) is 8.87. The Morgan fingerprint density at radius 3 is 2.69 bits per heavy atom. The second-order valence-electron chi connectivity index (χ2n) is 6.86. The number of nitrogens with zero attached hydrogens (tertiary/aromatic N) is 3. The van der Waals surface area contributed by atoms with Crippen LogP contribution in [-0.4, -0.2) is 31.9 Å². The molecule has 0 bridgehead atoms. The summed E-state index contributed by atoms with van der Waals surface area (Å²) in [6, 6.07) is 9.11. The molecule has 0 unspecified atom stereocenters. The highest BCUT2D eigenvalue weighted by molar-refractivity contribution is 6.30. The van der Waals surface area contributed by atoms with E-state index < -0.39 is 11.7 Å². The first-order chi connectivity index (χ1) is 12.6. The SMILES string of the molecule is O[C@@H]1Cc2cc(-c3noc(-c4ccc(Cl)cc4)n3)cnc2OC12CCC2. The fourth-order valence-electron chi connectivity index (χ4n) is 3.52. The average Bonchev–Trinajstić information content (AvgIpc) is 3.10. The second kappa shape index (κ2) is 5.79. The molecule has 7 heteroatoms. The third-order valence-electron chi connectivity index (χ3n) is 5.22. The lowest BCUT2D eigenvalue weighted by molar-refractivity contribution is -0.118. The molecule has 1 N–H and O–H groups in total. The van der Waals surface area contributed by atoms with Gasteiger partial charge in [0.2, 0.25) is 11.7 Å². The molecule has 6 nitrogen and oxygen atoms in total. The minimum absolute atomic E-state index is 0.416. The molecular weight excluding hydrogens is 354 g/mol. The van der Waals surface area contributed by atoms with Crippen molar-refractivity contribution in [3.05, 3.63) is 47.1 Å². The Morgan fingerprint density at radius 2 is 1.96 bits per heavy atom. The normalized spacial score (nSPS) is 20.3. The summed E-state index contributed by atoms with van der Waals surface area (Å²) in [5.74, 6) is 1.46. The highest BCUT2D eigenvalue weighted by atomic mass is 35.5. The van der Waals surface area contributed by atoms with Gasteiger partial charge in [0.05, 0.1) is 6.10 Å². The lowest BCUT2D eigenvalue weighted by Crippen LogP contribution is -2.56. The molecule has 3 heterocycles. The summed E-state index contributed by atoms with van der Waals surface area (Å²) in [5, 5.41) is 15.1. The van der Waals surface area contributed by atoms with Gasteiger partial charge in [-0.25, -0.2) is 4.98 Å². The Labute approximate surface area is 154 Å². The number of aliphatic hydroxyl groups is 1. The van der Waals surface area contributed by atoms with Crippen LogP contribution in [0.3, 0.4) is 0 Å². The number of pyridine rings is 1. The minimum atomic E-state index is -0.504. The van der Waals surface area contributed by atoms with Gasteiger partial charge in [-0.2, -0.15) is 4.98 Å². The van der Waals surface area contributed by atoms with Gasteiger partial charge in [-0.3, -0.25) is 0 Å². The van der Waals surface area contributed by atoms with Crippen molar-refractivity contribution in [3.63, 3.8) is 0 Å². The summed E-state index contributed by atoms with van der Waals surface area (Å²) >= 11 is 5.91. The Kier molecular flexibility index (Phi) is 3.52. The van der Waals surface area contributed by atoms with Gasteiger partial charge >= 0.3 is 0 Å². The number of rotatable bonds is 2. The molecule has 1 aliphatic carbocycles. The van der Waals surface area contributed by atoms with Crippen LogP contribution < -0.4 is 4.74 Å².